The van der Waals surface area contributed by atoms with Crippen LogP contribution in [-0.4, -0.2) is 44.2 Å². The molecule has 1 aromatic carbocycles. The molecule has 2 N–H and O–H groups in total. The summed E-state index contributed by atoms with van der Waals surface area (Å²) < 4.78 is 25.7. The number of aromatic nitrogens is 6. The van der Waals surface area contributed by atoms with E-state index in [-0.39, 0.29) is 17.6 Å². The number of nitrogens with zero attached hydrogens (tertiary/aromatic N) is 5. The molecule has 0 aliphatic rings. The van der Waals surface area contributed by atoms with Gasteiger partial charge in [-0.1, -0.05) is 11.6 Å². The minimum Gasteiger partial charge on any atom is -0.347 e. The van der Waals surface area contributed by atoms with E-state index in [0.29, 0.717) is 21.0 Å². The average Bonchev–Trinajstić information content (AvgIpc) is 3.15. The quantitative estimate of drug-likeness (QED) is 0.484. The van der Waals surface area contributed by atoms with Crippen molar-refractivity contribution in [1.29, 1.82) is 0 Å². The number of hydrogen-bond donors (Lipinski definition) is 2. The Hall–Kier alpha value is -2.24. The van der Waals surface area contributed by atoms with Crippen molar-refractivity contribution in [3.8, 4) is 0 Å². The number of nitrogens with one attached hydrogen (secondary N) is 2. The Kier molecular flexibility index (Phi) is 4.09. The van der Waals surface area contributed by atoms with E-state index in [1.807, 2.05) is 6.07 Å². The highest BCUT2D eigenvalue weighted by Crippen LogP contribution is 2.21. The zero-order valence-corrected chi connectivity index (χ0v) is 16.4. The lowest BCUT2D eigenvalue weighted by Gasteiger charge is -2.07. The summed E-state index contributed by atoms with van der Waals surface area (Å²) in [6.45, 7) is 0.277. The Morgan fingerprint density at radius 3 is 2.88 bits per heavy atom. The van der Waals surface area contributed by atoms with Crippen molar-refractivity contribution < 1.29 is 8.42 Å². The van der Waals surface area contributed by atoms with Gasteiger partial charge in [0.2, 0.25) is 15.8 Å². The second kappa shape index (κ2) is 6.18. The van der Waals surface area contributed by atoms with E-state index in [0.717, 1.165) is 17.3 Å². The third-order valence-electron chi connectivity index (χ3n) is 3.54. The van der Waals surface area contributed by atoms with Crippen LogP contribution in [0.2, 0.25) is 5.02 Å². The Labute approximate surface area is 160 Å². The number of hydrogen-bond acceptors (Lipinski definition) is 7. The highest BCUT2D eigenvalue weighted by atomic mass is 79.9. The maximum Gasteiger partial charge on any atom is 0.252 e. The summed E-state index contributed by atoms with van der Waals surface area (Å²) in [6.07, 6.45) is 2.57. The summed E-state index contributed by atoms with van der Waals surface area (Å²) in [5.41, 5.74) is 1.93. The van der Waals surface area contributed by atoms with Crippen LogP contribution in [0.4, 0.5) is 5.95 Å². The van der Waals surface area contributed by atoms with E-state index in [1.165, 1.54) is 10.7 Å². The van der Waals surface area contributed by atoms with Crippen LogP contribution in [0.5, 0.6) is 0 Å². The van der Waals surface area contributed by atoms with E-state index in [4.69, 9.17) is 11.6 Å². The monoisotopic (exact) mass is 455 g/mol. The van der Waals surface area contributed by atoms with Crippen LogP contribution in [-0.2, 0) is 16.4 Å². The van der Waals surface area contributed by atoms with Crippen molar-refractivity contribution in [2.45, 2.75) is 11.7 Å². The SMILES string of the molecule is CS(=O)(=O)c1nc(NCc2nc3ccc(Cl)cc3[nH]2)n2ncc(Br)c2n1. The Morgan fingerprint density at radius 2 is 2.12 bits per heavy atom. The van der Waals surface area contributed by atoms with Gasteiger partial charge >= 0.3 is 0 Å². The van der Waals surface area contributed by atoms with Crippen molar-refractivity contribution >= 4 is 60.0 Å². The van der Waals surface area contributed by atoms with Gasteiger partial charge in [0.1, 0.15) is 5.82 Å². The standard InChI is InChI=1S/C14H11BrClN7O2S/c1-26(24,25)14-21-12-8(15)5-18-23(12)13(22-14)17-6-11-19-9-3-2-7(16)4-10(9)20-11/h2-5H,6H2,1H3,(H,19,20)(H,17,21,22). The van der Waals surface area contributed by atoms with E-state index in [1.54, 1.807) is 12.1 Å². The molecular weight excluding hydrogens is 446 g/mol. The molecule has 0 radical (unpaired) electrons. The highest BCUT2D eigenvalue weighted by molar-refractivity contribution is 9.10. The number of rotatable bonds is 4. The largest absolute Gasteiger partial charge is 0.347 e. The second-order valence-corrected chi connectivity index (χ2v) is 8.73. The molecule has 0 amide bonds. The van der Waals surface area contributed by atoms with Crippen molar-refractivity contribution in [1.82, 2.24) is 29.5 Å². The number of sulfone groups is 1. The molecule has 3 heterocycles. The summed E-state index contributed by atoms with van der Waals surface area (Å²) in [6, 6.07) is 5.35. The zero-order chi connectivity index (χ0) is 18.5. The van der Waals surface area contributed by atoms with E-state index in [9.17, 15) is 8.42 Å². The first-order chi connectivity index (χ1) is 12.3. The zero-order valence-electron chi connectivity index (χ0n) is 13.2. The van der Waals surface area contributed by atoms with E-state index >= 15 is 0 Å². The maximum atomic E-state index is 11.9. The van der Waals surface area contributed by atoms with Crippen LogP contribution >= 0.6 is 27.5 Å². The third kappa shape index (κ3) is 3.13. The number of anilines is 1. The Bertz CT molecular complexity index is 1250. The number of halogens is 2. The molecule has 9 nitrogen and oxygen atoms in total. The molecule has 0 saturated carbocycles. The average molecular weight is 457 g/mol. The van der Waals surface area contributed by atoms with Gasteiger partial charge < -0.3 is 10.3 Å². The van der Waals surface area contributed by atoms with Crippen LogP contribution in [0, 0.1) is 0 Å². The Balaban J connectivity index is 1.71. The van der Waals surface area contributed by atoms with Gasteiger partial charge in [0.25, 0.3) is 5.16 Å². The smallest absolute Gasteiger partial charge is 0.252 e. The number of H-pyrrole nitrogens is 1. The van der Waals surface area contributed by atoms with Crippen LogP contribution < -0.4 is 5.32 Å². The van der Waals surface area contributed by atoms with Crippen LogP contribution in [0.1, 0.15) is 5.82 Å². The van der Waals surface area contributed by atoms with Gasteiger partial charge in [-0.3, -0.25) is 0 Å². The first kappa shape index (κ1) is 17.2. The molecule has 4 rings (SSSR count). The van der Waals surface area contributed by atoms with Crippen LogP contribution in [0.3, 0.4) is 0 Å². The minimum atomic E-state index is -3.58. The minimum absolute atomic E-state index is 0.236. The molecule has 0 atom stereocenters. The van der Waals surface area contributed by atoms with Crippen molar-refractivity contribution in [3.05, 3.63) is 39.7 Å². The molecule has 0 fully saturated rings. The molecule has 12 heteroatoms. The van der Waals surface area contributed by atoms with E-state index < -0.39 is 9.84 Å². The van der Waals surface area contributed by atoms with Gasteiger partial charge in [0.05, 0.1) is 28.2 Å². The maximum absolute atomic E-state index is 11.9. The molecule has 26 heavy (non-hydrogen) atoms. The first-order valence-corrected chi connectivity index (χ1v) is 10.4. The fourth-order valence-electron chi connectivity index (χ4n) is 2.39. The summed E-state index contributed by atoms with van der Waals surface area (Å²) in [5.74, 6) is 0.876. The summed E-state index contributed by atoms with van der Waals surface area (Å²) >= 11 is 9.28. The fraction of sp³-hybridized carbons (Fsp3) is 0.143. The van der Waals surface area contributed by atoms with Gasteiger partial charge in [-0.15, -0.1) is 0 Å². The number of aromatic amines is 1. The highest BCUT2D eigenvalue weighted by Gasteiger charge is 2.18. The van der Waals surface area contributed by atoms with Crippen LogP contribution in [0.15, 0.2) is 34.0 Å². The number of imidazole rings is 1. The normalized spacial score (nSPS) is 12.1. The van der Waals surface area contributed by atoms with Gasteiger partial charge in [0, 0.05) is 11.3 Å². The third-order valence-corrected chi connectivity index (χ3v) is 5.18. The summed E-state index contributed by atoms with van der Waals surface area (Å²) in [4.78, 5) is 15.7. The lowest BCUT2D eigenvalue weighted by Crippen LogP contribution is -2.13. The van der Waals surface area contributed by atoms with Crippen LogP contribution in [0.25, 0.3) is 16.7 Å². The Morgan fingerprint density at radius 1 is 1.31 bits per heavy atom. The van der Waals surface area contributed by atoms with Gasteiger partial charge in [0.15, 0.2) is 5.65 Å². The molecule has 0 aliphatic heterocycles. The van der Waals surface area contributed by atoms with Gasteiger partial charge in [-0.25, -0.2) is 13.4 Å². The second-order valence-electron chi connectivity index (χ2n) is 5.53. The summed E-state index contributed by atoms with van der Waals surface area (Å²) in [5, 5.41) is 7.51. The van der Waals surface area contributed by atoms with Gasteiger partial charge in [-0.2, -0.15) is 19.6 Å². The molecule has 4 aromatic rings. The van der Waals surface area contributed by atoms with Crippen molar-refractivity contribution in [2.24, 2.45) is 0 Å². The number of fused-ring (bicyclic) bond motifs is 2. The molecule has 0 saturated heterocycles. The predicted molar refractivity (Wildman–Crippen MR) is 100 cm³/mol. The summed E-state index contributed by atoms with van der Waals surface area (Å²) in [7, 11) is -3.58. The lowest BCUT2D eigenvalue weighted by atomic mass is 10.3. The first-order valence-electron chi connectivity index (χ1n) is 7.30. The molecule has 134 valence electrons. The lowest BCUT2D eigenvalue weighted by molar-refractivity contribution is 0.592. The van der Waals surface area contributed by atoms with E-state index in [2.05, 4.69) is 46.3 Å². The molecule has 0 bridgehead atoms. The molecule has 3 aromatic heterocycles. The number of benzene rings is 1. The molecule has 0 spiro atoms. The van der Waals surface area contributed by atoms with Crippen molar-refractivity contribution in [3.63, 3.8) is 0 Å². The predicted octanol–water partition coefficient (Wildman–Crippen LogP) is 2.43. The fourth-order valence-corrected chi connectivity index (χ4v) is 3.42. The molecule has 0 aliphatic carbocycles. The molecule has 0 unspecified atom stereocenters. The van der Waals surface area contributed by atoms with Gasteiger partial charge in [-0.05, 0) is 34.1 Å². The topological polar surface area (TPSA) is 118 Å². The van der Waals surface area contributed by atoms with Crippen molar-refractivity contribution in [2.75, 3.05) is 11.6 Å². The molecular formula is C14H11BrClN7O2S.